The molecule has 6 nitrogen and oxygen atoms in total. The number of hydrogen-bond donors (Lipinski definition) is 1. The van der Waals surface area contributed by atoms with Crippen molar-refractivity contribution in [3.05, 3.63) is 73.3 Å². The molecule has 0 aliphatic rings. The molecule has 2 rings (SSSR count). The Morgan fingerprint density at radius 3 is 2.04 bits per heavy atom. The van der Waals surface area contributed by atoms with E-state index in [1.165, 1.54) is 30.3 Å². The van der Waals surface area contributed by atoms with Gasteiger partial charge in [-0.1, -0.05) is 18.7 Å². The molecule has 0 aliphatic carbocycles. The van der Waals surface area contributed by atoms with Crippen molar-refractivity contribution in [3.8, 4) is 11.5 Å². The van der Waals surface area contributed by atoms with Crippen LogP contribution < -0.4 is 4.74 Å². The maximum Gasteiger partial charge on any atom is 0.119 e. The van der Waals surface area contributed by atoms with E-state index in [1.54, 1.807) is 24.3 Å². The SMILES string of the molecule is C=CCOc1ccc(S(=O)[O-])cc1.C=CCc1cc(S(=O)[O-])ccc1O. The second-order valence-corrected chi connectivity index (χ2v) is 6.71. The Labute approximate surface area is 157 Å². The first kappa shape index (κ1) is 21.8. The van der Waals surface area contributed by atoms with Crippen LogP contribution in [-0.2, 0) is 28.6 Å². The molecular formula is C18H18O6S2-2. The van der Waals surface area contributed by atoms with Gasteiger partial charge in [0, 0.05) is 9.79 Å². The quantitative estimate of drug-likeness (QED) is 0.571. The number of rotatable bonds is 7. The van der Waals surface area contributed by atoms with Gasteiger partial charge in [-0.25, -0.2) is 0 Å². The van der Waals surface area contributed by atoms with Gasteiger partial charge in [0.05, 0.1) is 0 Å². The van der Waals surface area contributed by atoms with Gasteiger partial charge in [-0.05, 0) is 76.6 Å². The molecule has 26 heavy (non-hydrogen) atoms. The van der Waals surface area contributed by atoms with Gasteiger partial charge >= 0.3 is 0 Å². The number of hydrogen-bond acceptors (Lipinski definition) is 6. The third-order valence-electron chi connectivity index (χ3n) is 2.99. The number of phenols is 1. The van der Waals surface area contributed by atoms with Crippen LogP contribution >= 0.6 is 0 Å². The number of phenolic OH excluding ortho intramolecular Hbond substituents is 1. The van der Waals surface area contributed by atoms with Crippen molar-refractivity contribution < 1.29 is 27.4 Å². The molecule has 140 valence electrons. The predicted octanol–water partition coefficient (Wildman–Crippen LogP) is 2.85. The summed E-state index contributed by atoms with van der Waals surface area (Å²) < 4.78 is 47.2. The van der Waals surface area contributed by atoms with Crippen molar-refractivity contribution in [1.82, 2.24) is 0 Å². The average molecular weight is 394 g/mol. The second-order valence-electron chi connectivity index (χ2n) is 4.82. The van der Waals surface area contributed by atoms with E-state index < -0.39 is 22.2 Å². The topological polar surface area (TPSA) is 110 Å². The monoisotopic (exact) mass is 394 g/mol. The molecule has 8 heteroatoms. The zero-order valence-corrected chi connectivity index (χ0v) is 15.5. The number of ether oxygens (including phenoxy) is 1. The number of allylic oxidation sites excluding steroid dienone is 1. The van der Waals surface area contributed by atoms with Crippen molar-refractivity contribution in [2.75, 3.05) is 6.61 Å². The maximum absolute atomic E-state index is 10.6. The van der Waals surface area contributed by atoms with Crippen LogP contribution in [0.3, 0.4) is 0 Å². The Morgan fingerprint density at radius 2 is 1.54 bits per heavy atom. The minimum absolute atomic E-state index is 0.0918. The summed E-state index contributed by atoms with van der Waals surface area (Å²) in [5.41, 5.74) is 0.566. The van der Waals surface area contributed by atoms with Crippen molar-refractivity contribution in [1.29, 1.82) is 0 Å². The highest BCUT2D eigenvalue weighted by atomic mass is 32.2. The molecule has 0 heterocycles. The molecule has 0 saturated heterocycles. The first-order valence-electron chi connectivity index (χ1n) is 7.34. The molecule has 0 aliphatic heterocycles. The summed E-state index contributed by atoms with van der Waals surface area (Å²) in [6.45, 7) is 7.42. The largest absolute Gasteiger partial charge is 0.768 e. The predicted molar refractivity (Wildman–Crippen MR) is 98.5 cm³/mol. The highest BCUT2D eigenvalue weighted by molar-refractivity contribution is 7.79. The summed E-state index contributed by atoms with van der Waals surface area (Å²) in [5, 5.41) is 9.30. The number of benzene rings is 2. The summed E-state index contributed by atoms with van der Waals surface area (Å²) in [7, 11) is 0. The average Bonchev–Trinajstić information content (AvgIpc) is 2.62. The third kappa shape index (κ3) is 7.32. The summed E-state index contributed by atoms with van der Waals surface area (Å²) >= 11 is -4.42. The highest BCUT2D eigenvalue weighted by Gasteiger charge is 2.01. The molecule has 1 N–H and O–H groups in total. The molecule has 0 bridgehead atoms. The fourth-order valence-corrected chi connectivity index (χ4v) is 2.56. The van der Waals surface area contributed by atoms with E-state index in [-0.39, 0.29) is 15.5 Å². The van der Waals surface area contributed by atoms with Crippen molar-refractivity contribution in [3.63, 3.8) is 0 Å². The smallest absolute Gasteiger partial charge is 0.119 e. The first-order chi connectivity index (χ1) is 12.4. The van der Waals surface area contributed by atoms with E-state index >= 15 is 0 Å². The van der Waals surface area contributed by atoms with Crippen LogP contribution in [0.1, 0.15) is 5.56 Å². The molecule has 2 unspecified atom stereocenters. The summed E-state index contributed by atoms with van der Waals surface area (Å²) in [6.07, 6.45) is 3.68. The van der Waals surface area contributed by atoms with E-state index in [4.69, 9.17) is 4.74 Å². The van der Waals surface area contributed by atoms with Crippen molar-refractivity contribution in [2.45, 2.75) is 16.2 Å². The lowest BCUT2D eigenvalue weighted by Crippen LogP contribution is -1.93. The summed E-state index contributed by atoms with van der Waals surface area (Å²) in [6, 6.07) is 10.3. The van der Waals surface area contributed by atoms with E-state index in [0.717, 1.165) is 0 Å². The Balaban J connectivity index is 0.000000260. The van der Waals surface area contributed by atoms with E-state index in [9.17, 15) is 22.6 Å². The molecule has 0 aromatic heterocycles. The van der Waals surface area contributed by atoms with Crippen molar-refractivity contribution >= 4 is 22.2 Å². The Morgan fingerprint density at radius 1 is 0.962 bits per heavy atom. The van der Waals surface area contributed by atoms with Gasteiger partial charge in [0.25, 0.3) is 0 Å². The van der Waals surface area contributed by atoms with Gasteiger partial charge in [-0.15, -0.1) is 6.58 Å². The lowest BCUT2D eigenvalue weighted by molar-refractivity contribution is 0.363. The molecule has 2 aromatic carbocycles. The van der Waals surface area contributed by atoms with Crippen LogP contribution in [0.5, 0.6) is 11.5 Å². The molecule has 2 atom stereocenters. The van der Waals surface area contributed by atoms with Gasteiger partial charge in [-0.3, -0.25) is 8.42 Å². The third-order valence-corrected chi connectivity index (χ3v) is 4.29. The Bertz CT molecular complexity index is 787. The Kier molecular flexibility index (Phi) is 9.53. The second kappa shape index (κ2) is 11.4. The molecule has 0 fully saturated rings. The van der Waals surface area contributed by atoms with Crippen LogP contribution in [0.2, 0.25) is 0 Å². The normalized spacial score (nSPS) is 12.2. The first-order valence-corrected chi connectivity index (χ1v) is 9.49. The van der Waals surface area contributed by atoms with E-state index in [1.807, 2.05) is 0 Å². The molecule has 0 spiro atoms. The minimum Gasteiger partial charge on any atom is -0.768 e. The molecule has 0 amide bonds. The van der Waals surface area contributed by atoms with Gasteiger partial charge in [-0.2, -0.15) is 0 Å². The summed E-state index contributed by atoms with van der Waals surface area (Å²) in [5.74, 6) is 0.725. The Hall–Kier alpha value is -2.26. The highest BCUT2D eigenvalue weighted by Crippen LogP contribution is 2.20. The lowest BCUT2D eigenvalue weighted by atomic mass is 10.1. The van der Waals surface area contributed by atoms with Crippen LogP contribution in [0.25, 0.3) is 0 Å². The van der Waals surface area contributed by atoms with E-state index in [2.05, 4.69) is 13.2 Å². The standard InChI is InChI=1S/2C9H10O3S/c1-2-7-12-8-3-5-9(6-4-8)13(10)11;1-2-3-7-6-8(13(11)12)4-5-9(7)10/h2-6H,1,7H2,(H,10,11);2,4-6,10H,1,3H2,(H,11,12)/p-2. The molecule has 0 saturated carbocycles. The van der Waals surface area contributed by atoms with Gasteiger partial charge < -0.3 is 18.9 Å². The lowest BCUT2D eigenvalue weighted by Gasteiger charge is -2.07. The molecular weight excluding hydrogens is 376 g/mol. The minimum atomic E-state index is -2.25. The zero-order chi connectivity index (χ0) is 19.5. The van der Waals surface area contributed by atoms with Crippen molar-refractivity contribution in [2.24, 2.45) is 0 Å². The van der Waals surface area contributed by atoms with E-state index in [0.29, 0.717) is 24.3 Å². The van der Waals surface area contributed by atoms with Crippen LogP contribution in [0, 0.1) is 0 Å². The maximum atomic E-state index is 10.6. The fourth-order valence-electron chi connectivity index (χ4n) is 1.79. The van der Waals surface area contributed by atoms with Crippen LogP contribution in [0.4, 0.5) is 0 Å². The van der Waals surface area contributed by atoms with Crippen LogP contribution in [0.15, 0.2) is 77.6 Å². The molecule has 2 aromatic rings. The zero-order valence-electron chi connectivity index (χ0n) is 13.8. The van der Waals surface area contributed by atoms with Crippen LogP contribution in [-0.4, -0.2) is 29.2 Å². The fraction of sp³-hybridized carbons (Fsp3) is 0.111. The van der Waals surface area contributed by atoms with Gasteiger partial charge in [0.15, 0.2) is 0 Å². The van der Waals surface area contributed by atoms with Gasteiger partial charge in [0.1, 0.15) is 18.1 Å². The van der Waals surface area contributed by atoms with Gasteiger partial charge in [0.2, 0.25) is 0 Å². The summed E-state index contributed by atoms with van der Waals surface area (Å²) in [4.78, 5) is 0.431. The molecule has 0 radical (unpaired) electrons. The number of aromatic hydroxyl groups is 1.